The topological polar surface area (TPSA) is 312 Å². The molecule has 4 saturated carbocycles. The van der Waals surface area contributed by atoms with Crippen LogP contribution in [-0.4, -0.2) is 180 Å². The van der Waals surface area contributed by atoms with Gasteiger partial charge < -0.3 is 84.6 Å². The van der Waals surface area contributed by atoms with Gasteiger partial charge in [0.2, 0.25) is 6.29 Å². The van der Waals surface area contributed by atoms with Crippen molar-refractivity contribution in [1.29, 1.82) is 0 Å². The third kappa shape index (κ3) is 7.47. The van der Waals surface area contributed by atoms with Crippen molar-refractivity contribution >= 4 is 11.9 Å². The fraction of sp³-hybridized carbons (Fsp3) is 0.915. The Bertz CT molecular complexity index is 1830. The molecule has 24 unspecified atom stereocenters. The Morgan fingerprint density at radius 3 is 1.98 bits per heavy atom. The summed E-state index contributed by atoms with van der Waals surface area (Å²) in [6.07, 6.45) is -15.8. The number of rotatable bonds is 9. The molecule has 376 valence electrons. The molecule has 3 aliphatic heterocycles. The minimum atomic E-state index is -1.78. The largest absolute Gasteiger partial charge is 0.481 e. The molecule has 24 atom stereocenters. The first kappa shape index (κ1) is 50.5. The summed E-state index contributed by atoms with van der Waals surface area (Å²) in [4.78, 5) is 29.1. The number of hydrogen-bond donors (Lipinski definition) is 11. The van der Waals surface area contributed by atoms with Gasteiger partial charge >= 0.3 is 11.9 Å². The zero-order chi connectivity index (χ0) is 48.2. The van der Waals surface area contributed by atoms with Crippen LogP contribution in [-0.2, 0) is 38.0 Å². The van der Waals surface area contributed by atoms with E-state index >= 15 is 0 Å². The molecule has 3 heterocycles. The normalized spacial score (nSPS) is 53.5. The highest BCUT2D eigenvalue weighted by Crippen LogP contribution is 2.76. The summed E-state index contributed by atoms with van der Waals surface area (Å²) < 4.78 is 35.8. The monoisotopic (exact) mass is 942 g/mol. The third-order valence-electron chi connectivity index (χ3n) is 19.1. The Kier molecular flexibility index (Phi) is 13.8. The highest BCUT2D eigenvalue weighted by molar-refractivity contribution is 5.85. The summed E-state index contributed by atoms with van der Waals surface area (Å²) in [5.41, 5.74) is -3.53. The van der Waals surface area contributed by atoms with Crippen LogP contribution in [0.1, 0.15) is 99.3 Å². The molecule has 19 heteroatoms. The second kappa shape index (κ2) is 18.0. The number of ether oxygens (including phenoxy) is 6. The quantitative estimate of drug-likeness (QED) is 0.0803. The zero-order valence-corrected chi connectivity index (χ0v) is 38.8. The summed E-state index contributed by atoms with van der Waals surface area (Å²) in [7, 11) is 0. The lowest BCUT2D eigenvalue weighted by atomic mass is 9.33. The first-order chi connectivity index (χ1) is 31.0. The predicted molar refractivity (Wildman–Crippen MR) is 226 cm³/mol. The van der Waals surface area contributed by atoms with Crippen molar-refractivity contribution in [2.24, 2.45) is 56.7 Å². The minimum absolute atomic E-state index is 0.0142. The lowest BCUT2D eigenvalue weighted by molar-refractivity contribution is -0.370. The van der Waals surface area contributed by atoms with Crippen molar-refractivity contribution in [3.8, 4) is 0 Å². The van der Waals surface area contributed by atoms with Crippen LogP contribution in [0.4, 0.5) is 0 Å². The first-order valence-corrected chi connectivity index (χ1v) is 24.0. The van der Waals surface area contributed by atoms with E-state index in [0.717, 1.165) is 5.57 Å². The lowest BCUT2D eigenvalue weighted by Gasteiger charge is -2.70. The summed E-state index contributed by atoms with van der Waals surface area (Å²) in [6.45, 7) is 11.0. The molecule has 11 N–H and O–H groups in total. The summed E-state index contributed by atoms with van der Waals surface area (Å²) in [5, 5.41) is 117. The molecule has 0 bridgehead atoms. The number of esters is 1. The number of fused-ring (bicyclic) bond motifs is 7. The SMILES string of the molecule is CC1CCC2(C(=O)OC3OC(CO)C(O)C(O)C3O)CCC3(C(=O)O)C(=CCC4C5(C)CCC(OC6OC(CO)C(O)C(O)C6OC6OCC(O)C(O)C6O)C(C)(C)C5CCC43C)C2C1C. The average molecular weight is 943 g/mol. The van der Waals surface area contributed by atoms with Crippen LogP contribution >= 0.6 is 0 Å². The smallest absolute Gasteiger partial charge is 0.315 e. The zero-order valence-electron chi connectivity index (χ0n) is 38.8. The molecule has 7 fully saturated rings. The molecule has 0 aromatic heterocycles. The number of aliphatic carboxylic acids is 1. The van der Waals surface area contributed by atoms with E-state index in [4.69, 9.17) is 28.4 Å². The van der Waals surface area contributed by atoms with Gasteiger partial charge in [-0.25, -0.2) is 0 Å². The number of hydrogen-bond acceptors (Lipinski definition) is 18. The van der Waals surface area contributed by atoms with Gasteiger partial charge in [0.25, 0.3) is 0 Å². The van der Waals surface area contributed by atoms with E-state index in [1.165, 1.54) is 0 Å². The summed E-state index contributed by atoms with van der Waals surface area (Å²) >= 11 is 0. The fourth-order valence-corrected chi connectivity index (χ4v) is 15.1. The van der Waals surface area contributed by atoms with Gasteiger partial charge in [-0.15, -0.1) is 0 Å². The molecule has 5 aliphatic carbocycles. The molecule has 0 aromatic carbocycles. The number of carbonyl (C=O) groups is 2. The van der Waals surface area contributed by atoms with Gasteiger partial charge in [0, 0.05) is 0 Å². The number of allylic oxidation sites excluding steroid dienone is 1. The summed E-state index contributed by atoms with van der Waals surface area (Å²) in [5.74, 6) is -2.25. The fourth-order valence-electron chi connectivity index (χ4n) is 15.1. The summed E-state index contributed by atoms with van der Waals surface area (Å²) in [6, 6.07) is 0. The number of aliphatic hydroxyl groups excluding tert-OH is 10. The highest BCUT2D eigenvalue weighted by Gasteiger charge is 2.74. The molecule has 19 nitrogen and oxygen atoms in total. The Hall–Kier alpha value is -1.92. The number of aliphatic hydroxyl groups is 10. The van der Waals surface area contributed by atoms with E-state index in [-0.39, 0.29) is 43.1 Å². The van der Waals surface area contributed by atoms with E-state index in [9.17, 15) is 65.8 Å². The third-order valence-corrected chi connectivity index (χ3v) is 19.1. The Labute approximate surface area is 385 Å². The molecule has 66 heavy (non-hydrogen) atoms. The first-order valence-electron chi connectivity index (χ1n) is 24.0. The number of carboxylic acids is 1. The highest BCUT2D eigenvalue weighted by atomic mass is 16.8. The lowest BCUT2D eigenvalue weighted by Crippen LogP contribution is -2.68. The molecule has 0 radical (unpaired) electrons. The minimum Gasteiger partial charge on any atom is -0.481 e. The van der Waals surface area contributed by atoms with Crippen LogP contribution in [0.15, 0.2) is 11.6 Å². The van der Waals surface area contributed by atoms with Crippen molar-refractivity contribution in [3.63, 3.8) is 0 Å². The van der Waals surface area contributed by atoms with Gasteiger partial charge in [-0.2, -0.15) is 0 Å². The van der Waals surface area contributed by atoms with Gasteiger partial charge in [-0.05, 0) is 104 Å². The molecule has 0 spiro atoms. The van der Waals surface area contributed by atoms with E-state index in [2.05, 4.69) is 47.6 Å². The van der Waals surface area contributed by atoms with Crippen molar-refractivity contribution in [3.05, 3.63) is 11.6 Å². The van der Waals surface area contributed by atoms with E-state index in [1.54, 1.807) is 0 Å². The second-order valence-electron chi connectivity index (χ2n) is 22.3. The van der Waals surface area contributed by atoms with E-state index in [1.807, 2.05) is 0 Å². The second-order valence-corrected chi connectivity index (χ2v) is 22.3. The van der Waals surface area contributed by atoms with Crippen LogP contribution in [0.2, 0.25) is 0 Å². The molecule has 8 aliphatic rings. The molecule has 0 aromatic rings. The van der Waals surface area contributed by atoms with Crippen molar-refractivity contribution in [1.82, 2.24) is 0 Å². The van der Waals surface area contributed by atoms with E-state index < -0.39 is 150 Å². The number of carbonyl (C=O) groups excluding carboxylic acids is 1. The maximum absolute atomic E-state index is 14.7. The molecule has 0 amide bonds. The molecular weight excluding hydrogens is 868 g/mol. The van der Waals surface area contributed by atoms with Crippen molar-refractivity contribution in [2.45, 2.75) is 191 Å². The van der Waals surface area contributed by atoms with Crippen molar-refractivity contribution in [2.75, 3.05) is 19.8 Å². The van der Waals surface area contributed by atoms with Gasteiger partial charge in [0.1, 0.15) is 67.1 Å². The number of carboxylic acid groups (broad SMARTS) is 1. The Morgan fingerprint density at radius 1 is 0.697 bits per heavy atom. The maximum atomic E-state index is 14.7. The van der Waals surface area contributed by atoms with E-state index in [0.29, 0.717) is 44.9 Å². The van der Waals surface area contributed by atoms with Crippen molar-refractivity contribution < 1.29 is 94.2 Å². The molecular formula is C47H74O19. The van der Waals surface area contributed by atoms with Crippen LogP contribution in [0, 0.1) is 56.7 Å². The van der Waals surface area contributed by atoms with Gasteiger partial charge in [0.05, 0.1) is 36.8 Å². The maximum Gasteiger partial charge on any atom is 0.315 e. The van der Waals surface area contributed by atoms with Crippen LogP contribution in [0.25, 0.3) is 0 Å². The Balaban J connectivity index is 1.08. The van der Waals surface area contributed by atoms with Gasteiger partial charge in [-0.1, -0.05) is 53.2 Å². The Morgan fingerprint density at radius 2 is 1.33 bits per heavy atom. The molecule has 3 saturated heterocycles. The van der Waals surface area contributed by atoms with Crippen LogP contribution < -0.4 is 0 Å². The van der Waals surface area contributed by atoms with Gasteiger partial charge in [-0.3, -0.25) is 9.59 Å². The predicted octanol–water partition coefficient (Wildman–Crippen LogP) is -0.300. The standard InChI is InChI=1S/C47H74O19/c1-20-9-14-46(42(60)66-39-36(57)33(54)31(52)24(17-48)62-39)15-16-47(41(58)59)22(29(46)21(20)2)7-8-27-44(5)12-11-28(43(3,4)26(44)10-13-45(27,47)6)64-40-37(34(55)32(53)25(18-49)63-40)65-38-35(56)30(51)23(50)19-61-38/h7,20-21,23-40,48-57H,8-19H2,1-6H3,(H,58,59). The molecule has 8 rings (SSSR count). The van der Waals surface area contributed by atoms with Crippen LogP contribution in [0.3, 0.4) is 0 Å². The van der Waals surface area contributed by atoms with Gasteiger partial charge in [0.15, 0.2) is 12.6 Å². The van der Waals surface area contributed by atoms with Crippen LogP contribution in [0.5, 0.6) is 0 Å². The average Bonchev–Trinajstić information content (AvgIpc) is 3.27.